The van der Waals surface area contributed by atoms with Crippen LogP contribution in [0.1, 0.15) is 54.2 Å². The van der Waals surface area contributed by atoms with E-state index in [0.717, 1.165) is 61.5 Å². The molecule has 1 aliphatic heterocycles. The summed E-state index contributed by atoms with van der Waals surface area (Å²) >= 11 is 1.83. The van der Waals surface area contributed by atoms with Crippen molar-refractivity contribution in [1.29, 1.82) is 0 Å². The predicted molar refractivity (Wildman–Crippen MR) is 264 cm³/mol. The Morgan fingerprint density at radius 2 is 1.27 bits per heavy atom. The van der Waals surface area contributed by atoms with Crippen molar-refractivity contribution in [2.45, 2.75) is 47.0 Å². The van der Waals surface area contributed by atoms with E-state index in [2.05, 4.69) is 208 Å². The van der Waals surface area contributed by atoms with Crippen molar-refractivity contribution in [3.8, 4) is 17.3 Å². The summed E-state index contributed by atoms with van der Waals surface area (Å²) in [5, 5.41) is 4.72. The van der Waals surface area contributed by atoms with Crippen LogP contribution in [0.4, 0.5) is 11.4 Å². The van der Waals surface area contributed by atoms with E-state index < -0.39 is 0 Å². The van der Waals surface area contributed by atoms with Crippen LogP contribution in [-0.4, -0.2) is 9.55 Å². The van der Waals surface area contributed by atoms with Crippen LogP contribution in [0.15, 0.2) is 158 Å². The van der Waals surface area contributed by atoms with Gasteiger partial charge >= 0.3 is 0 Å². The summed E-state index contributed by atoms with van der Waals surface area (Å²) in [4.78, 5) is 9.62. The minimum Gasteiger partial charge on any atom is -0.509 e. The zero-order valence-corrected chi connectivity index (χ0v) is 39.6. The summed E-state index contributed by atoms with van der Waals surface area (Å²) in [6, 6.07) is 61.1. The molecule has 0 spiro atoms. The van der Waals surface area contributed by atoms with E-state index in [9.17, 15) is 0 Å². The molecule has 0 radical (unpaired) electrons. The maximum atomic E-state index is 6.80. The van der Waals surface area contributed by atoms with E-state index in [1.807, 2.05) is 35.7 Å². The van der Waals surface area contributed by atoms with E-state index in [1.165, 1.54) is 42.4 Å². The minimum atomic E-state index is -0.0568. The van der Waals surface area contributed by atoms with Crippen molar-refractivity contribution in [1.82, 2.24) is 9.55 Å². The van der Waals surface area contributed by atoms with Gasteiger partial charge in [0.05, 0.1) is 5.52 Å². The average Bonchev–Trinajstić information content (AvgIpc) is 3.96. The van der Waals surface area contributed by atoms with Crippen molar-refractivity contribution in [2.24, 2.45) is 0 Å². The average molecular weight is 1030 g/mol. The fraction of sp³-hybridized carbons (Fsp3) is 0.123. The molecule has 0 saturated heterocycles. The molecule has 5 nitrogen and oxygen atoms in total. The first-order valence-corrected chi connectivity index (χ1v) is 22.3. The van der Waals surface area contributed by atoms with Gasteiger partial charge in [0.15, 0.2) is 0 Å². The first-order valence-electron chi connectivity index (χ1n) is 21.4. The van der Waals surface area contributed by atoms with Crippen LogP contribution in [0, 0.1) is 39.6 Å². The number of pyridine rings is 1. The zero-order valence-electron chi connectivity index (χ0n) is 36.5. The number of rotatable bonds is 7. The smallest absolute Gasteiger partial charge is 0.135 e. The Kier molecular flexibility index (Phi) is 10.6. The largest absolute Gasteiger partial charge is 0.509 e. The first kappa shape index (κ1) is 41.5. The molecule has 1 aliphatic rings. The topological polar surface area (TPSA) is 33.5 Å². The summed E-state index contributed by atoms with van der Waals surface area (Å²) in [7, 11) is 0. The molecule has 7 heteroatoms. The summed E-state index contributed by atoms with van der Waals surface area (Å²) in [5.41, 5.74) is 13.3. The summed E-state index contributed by atoms with van der Waals surface area (Å²) < 4.78 is 11.6. The van der Waals surface area contributed by atoms with Gasteiger partial charge in [-0.15, -0.1) is 59.4 Å². The molecule has 0 saturated carbocycles. The molecule has 0 atom stereocenters. The summed E-state index contributed by atoms with van der Waals surface area (Å²) in [5.74, 6) is 2.04. The van der Waals surface area contributed by atoms with Crippen molar-refractivity contribution in [2.75, 3.05) is 9.80 Å². The molecule has 0 bridgehead atoms. The first-order chi connectivity index (χ1) is 30.6. The quantitative estimate of drug-likeness (QED) is 0.149. The molecule has 3 aromatic heterocycles. The van der Waals surface area contributed by atoms with Crippen LogP contribution in [-0.2, 0) is 26.5 Å². The van der Waals surface area contributed by atoms with Crippen LogP contribution in [0.2, 0.25) is 0 Å². The van der Waals surface area contributed by atoms with Gasteiger partial charge in [-0.05, 0) is 83.7 Å². The molecule has 0 fully saturated rings. The monoisotopic (exact) mass is 1030 g/mol. The molecular weight excluding hydrogens is 984 g/mol. The number of anilines is 2. The van der Waals surface area contributed by atoms with Gasteiger partial charge in [-0.2, -0.15) is 12.1 Å². The molecule has 0 aliphatic carbocycles. The van der Waals surface area contributed by atoms with E-state index in [-0.39, 0.29) is 26.5 Å². The minimum absolute atomic E-state index is 0. The van der Waals surface area contributed by atoms with Gasteiger partial charge in [0.2, 0.25) is 0 Å². The Bertz CT molecular complexity index is 3410. The molecule has 318 valence electrons. The second-order valence-electron chi connectivity index (χ2n) is 17.5. The fourth-order valence-electron chi connectivity index (χ4n) is 9.38. The van der Waals surface area contributed by atoms with Crippen LogP contribution < -0.4 is 14.5 Å². The van der Waals surface area contributed by atoms with Crippen LogP contribution in [0.3, 0.4) is 0 Å². The second-order valence-corrected chi connectivity index (χ2v) is 18.6. The number of aryl methyl sites for hydroxylation is 3. The van der Waals surface area contributed by atoms with E-state index in [4.69, 9.17) is 9.72 Å². The van der Waals surface area contributed by atoms with Gasteiger partial charge in [-0.3, -0.25) is 0 Å². The van der Waals surface area contributed by atoms with Gasteiger partial charge in [0, 0.05) is 76.0 Å². The van der Waals surface area contributed by atoms with Gasteiger partial charge in [0.1, 0.15) is 5.82 Å². The molecule has 7 aromatic carbocycles. The van der Waals surface area contributed by atoms with Gasteiger partial charge in [0.25, 0.3) is 0 Å². The number of nitrogens with zero attached hydrogens (tertiary/aromatic N) is 4. The number of hydrogen-bond acceptors (Lipinski definition) is 5. The Labute approximate surface area is 393 Å². The summed E-state index contributed by atoms with van der Waals surface area (Å²) in [6.45, 7) is 15.5. The van der Waals surface area contributed by atoms with Gasteiger partial charge < -0.3 is 19.1 Å². The molecule has 10 aromatic rings. The van der Waals surface area contributed by atoms with Crippen molar-refractivity contribution in [3.05, 3.63) is 210 Å². The van der Waals surface area contributed by atoms with Gasteiger partial charge in [-0.1, -0.05) is 129 Å². The molecule has 0 amide bonds. The van der Waals surface area contributed by atoms with Crippen molar-refractivity contribution < 1.29 is 25.8 Å². The number of aromatic nitrogens is 2. The zero-order chi connectivity index (χ0) is 43.0. The Balaban J connectivity index is 0.00000484. The number of thiophene rings is 1. The number of hydrogen-bond donors (Lipinski definition) is 0. The van der Waals surface area contributed by atoms with Crippen LogP contribution >= 0.6 is 11.3 Å². The third kappa shape index (κ3) is 7.10. The molecule has 0 unspecified atom stereocenters. The van der Waals surface area contributed by atoms with E-state index in [1.54, 1.807) is 0 Å². The number of fused-ring (bicyclic) bond motifs is 7. The van der Waals surface area contributed by atoms with E-state index >= 15 is 0 Å². The maximum Gasteiger partial charge on any atom is 0.135 e. The van der Waals surface area contributed by atoms with Crippen LogP contribution in [0.25, 0.3) is 59.2 Å². The normalized spacial score (nSPS) is 13.2. The maximum absolute atomic E-state index is 6.80. The molecule has 4 heterocycles. The predicted octanol–water partition coefficient (Wildman–Crippen LogP) is 15.1. The summed E-state index contributed by atoms with van der Waals surface area (Å²) in [6.07, 6.45) is 1.93. The SMILES string of the molecule is Cc1cc(C)c(N2[CH-]N(c3[c-]c(Oc4[c-]c5c(cc4)c4ccc6sc7ccccc7c6c4n5-c4cc(C(C)(C)C)ccn4)ccc3)C(c3ccccc3)=C2c2ccccc2)c(C)c1.[Pt]. The van der Waals surface area contributed by atoms with Crippen molar-refractivity contribution in [3.63, 3.8) is 0 Å². The van der Waals surface area contributed by atoms with Crippen LogP contribution in [0.5, 0.6) is 11.5 Å². The molecule has 64 heavy (non-hydrogen) atoms. The Morgan fingerprint density at radius 1 is 0.609 bits per heavy atom. The molecular formula is C57H45N4OPtS-3. The molecule has 0 N–H and O–H groups in total. The third-order valence-electron chi connectivity index (χ3n) is 12.1. The fourth-order valence-corrected chi connectivity index (χ4v) is 10.5. The third-order valence-corrected chi connectivity index (χ3v) is 13.3. The Hall–Kier alpha value is -6.46. The van der Waals surface area contributed by atoms with E-state index in [0.29, 0.717) is 11.5 Å². The standard InChI is InChI=1S/C57H45N4OS.Pt/c1-36-30-37(2)53(38(3)31-36)60-35-59(54(39-16-9-7-10-17-39)55(60)40-18-11-8-12-19-40)42-20-15-21-43(33-42)62-44-24-25-45-46-26-27-50-52(47-22-13-14-23-49(47)63-50)56(46)61(48(45)34-44)51-32-41(28-29-58-51)57(4,5)6;/h7-32,35H,1-6H3;/q-3;. The Morgan fingerprint density at radius 3 is 1.98 bits per heavy atom. The van der Waals surface area contributed by atoms with Crippen molar-refractivity contribution >= 4 is 76.1 Å². The second kappa shape index (κ2) is 16.3. The molecule has 11 rings (SSSR count). The number of ether oxygens (including phenoxy) is 1. The van der Waals surface area contributed by atoms with Gasteiger partial charge in [-0.25, -0.2) is 4.98 Å². The number of benzene rings is 7.